The second kappa shape index (κ2) is 12.3. The van der Waals surface area contributed by atoms with E-state index < -0.39 is 0 Å². The number of hydrogen-bond donors (Lipinski definition) is 1. The van der Waals surface area contributed by atoms with Gasteiger partial charge in [0.25, 0.3) is 11.1 Å². The number of rotatable bonds is 9. The number of nitrogens with one attached hydrogen (secondary N) is 1. The van der Waals surface area contributed by atoms with Gasteiger partial charge in [0, 0.05) is 24.1 Å². The van der Waals surface area contributed by atoms with Crippen LogP contribution < -0.4 is 19.5 Å². The van der Waals surface area contributed by atoms with Crippen LogP contribution in [-0.4, -0.2) is 47.4 Å². The van der Waals surface area contributed by atoms with Crippen LogP contribution in [0.2, 0.25) is 0 Å². The minimum Gasteiger partial charge on any atom is -0.492 e. The molecule has 8 heteroatoms. The largest absolute Gasteiger partial charge is 0.492 e. The molecule has 0 aliphatic carbocycles. The number of carbonyl (C=O) groups excluding carboxylic acids is 2. The highest BCUT2D eigenvalue weighted by atomic mass is 32.2. The summed E-state index contributed by atoms with van der Waals surface area (Å²) in [6.45, 7) is 13.9. The maximum atomic E-state index is 11.9. The predicted molar refractivity (Wildman–Crippen MR) is 175 cm³/mol. The van der Waals surface area contributed by atoms with E-state index in [-0.39, 0.29) is 22.7 Å². The van der Waals surface area contributed by atoms with Gasteiger partial charge in [0.1, 0.15) is 36.1 Å². The summed E-state index contributed by atoms with van der Waals surface area (Å²) in [7, 11) is 0. The molecule has 3 aliphatic heterocycles. The predicted octanol–water partition coefficient (Wildman–Crippen LogP) is 7.31. The molecule has 230 valence electrons. The molecular formula is C36H40N2O5S. The molecule has 44 heavy (non-hydrogen) atoms. The zero-order valence-electron chi connectivity index (χ0n) is 26.1. The Kier molecular flexibility index (Phi) is 8.49. The van der Waals surface area contributed by atoms with E-state index in [0.717, 1.165) is 77.2 Å². The molecule has 0 radical (unpaired) electrons. The van der Waals surface area contributed by atoms with Crippen molar-refractivity contribution in [1.29, 1.82) is 0 Å². The second-order valence-corrected chi connectivity index (χ2v) is 13.5. The zero-order valence-corrected chi connectivity index (χ0v) is 26.9. The molecule has 0 spiro atoms. The van der Waals surface area contributed by atoms with Crippen molar-refractivity contribution < 1.29 is 23.8 Å². The fourth-order valence-corrected chi connectivity index (χ4v) is 7.27. The third kappa shape index (κ3) is 6.10. The molecule has 2 atom stereocenters. The summed E-state index contributed by atoms with van der Waals surface area (Å²) in [5.74, 6) is 2.62. The third-order valence-electron chi connectivity index (χ3n) is 9.19. The summed E-state index contributed by atoms with van der Waals surface area (Å²) < 4.78 is 19.5. The zero-order chi connectivity index (χ0) is 31.0. The minimum atomic E-state index is -0.350. The quantitative estimate of drug-likeness (QED) is 0.254. The smallest absolute Gasteiger partial charge is 0.290 e. The molecular weight excluding hydrogens is 572 g/mol. The molecule has 3 aromatic rings. The van der Waals surface area contributed by atoms with Gasteiger partial charge in [-0.15, -0.1) is 0 Å². The maximum absolute atomic E-state index is 11.9. The Morgan fingerprint density at radius 3 is 2.45 bits per heavy atom. The average molecular weight is 613 g/mol. The maximum Gasteiger partial charge on any atom is 0.290 e. The van der Waals surface area contributed by atoms with Crippen LogP contribution in [0.3, 0.4) is 0 Å². The van der Waals surface area contributed by atoms with Gasteiger partial charge in [0.15, 0.2) is 0 Å². The highest BCUT2D eigenvalue weighted by molar-refractivity contribution is 8.18. The number of ether oxygens (including phenoxy) is 3. The molecule has 3 heterocycles. The van der Waals surface area contributed by atoms with Gasteiger partial charge in [-0.2, -0.15) is 0 Å². The number of imide groups is 1. The summed E-state index contributed by atoms with van der Waals surface area (Å²) >= 11 is 0.922. The number of thioether (sulfide) groups is 1. The molecule has 0 saturated carbocycles. The fourth-order valence-electron chi connectivity index (χ4n) is 6.59. The van der Waals surface area contributed by atoms with Crippen LogP contribution in [0, 0.1) is 20.8 Å². The van der Waals surface area contributed by atoms with E-state index in [1.165, 1.54) is 11.1 Å². The van der Waals surface area contributed by atoms with Gasteiger partial charge in [-0.05, 0) is 112 Å². The van der Waals surface area contributed by atoms with Gasteiger partial charge in [-0.25, -0.2) is 0 Å². The van der Waals surface area contributed by atoms with E-state index >= 15 is 0 Å². The SMILES string of the molecule is Cc1c(C)c2c(c(C)c1OCc1ccccc1)C(CN1CCC[C@H]1COc1ccc(/C=C3\SC(=O)NC3=O)cc1)C(C)(C)O2. The van der Waals surface area contributed by atoms with Gasteiger partial charge in [-0.1, -0.05) is 42.5 Å². The standard InChI is InChI=1S/C36H40N2O5S/c1-22-23(2)33-31(24(3)32(22)42-20-26-10-7-6-8-11-26)29(36(4,5)43-33)19-38-17-9-12-27(38)21-41-28-15-13-25(14-16-28)18-30-34(39)37-35(40)44-30/h6-8,10-11,13-16,18,27,29H,9,12,17,19-21H2,1-5H3,(H,37,39,40)/b30-18-/t27-,29?/m0/s1. The molecule has 7 nitrogen and oxygen atoms in total. The first-order chi connectivity index (χ1) is 21.1. The monoisotopic (exact) mass is 612 g/mol. The van der Waals surface area contributed by atoms with Crippen LogP contribution >= 0.6 is 11.8 Å². The number of carbonyl (C=O) groups is 2. The van der Waals surface area contributed by atoms with E-state index in [1.807, 2.05) is 42.5 Å². The molecule has 1 N–H and O–H groups in total. The molecule has 3 aliphatic rings. The second-order valence-electron chi connectivity index (χ2n) is 12.5. The number of likely N-dealkylation sites (tertiary alicyclic amines) is 1. The number of amides is 2. The van der Waals surface area contributed by atoms with E-state index in [0.29, 0.717) is 24.2 Å². The summed E-state index contributed by atoms with van der Waals surface area (Å²) in [5, 5.41) is 1.95. The van der Waals surface area contributed by atoms with Crippen molar-refractivity contribution in [3.05, 3.63) is 92.9 Å². The van der Waals surface area contributed by atoms with Crippen LogP contribution in [0.5, 0.6) is 17.2 Å². The lowest BCUT2D eigenvalue weighted by atomic mass is 9.82. The van der Waals surface area contributed by atoms with E-state index in [4.69, 9.17) is 14.2 Å². The molecule has 3 aromatic carbocycles. The lowest BCUT2D eigenvalue weighted by Gasteiger charge is -2.33. The number of benzene rings is 3. The van der Waals surface area contributed by atoms with Crippen molar-refractivity contribution >= 4 is 29.0 Å². The Balaban J connectivity index is 1.15. The first-order valence-corrected chi connectivity index (χ1v) is 16.1. The molecule has 2 saturated heterocycles. The molecule has 2 fully saturated rings. The van der Waals surface area contributed by atoms with Crippen LogP contribution in [0.15, 0.2) is 59.5 Å². The van der Waals surface area contributed by atoms with E-state index in [9.17, 15) is 9.59 Å². The topological polar surface area (TPSA) is 77.1 Å². The van der Waals surface area contributed by atoms with Crippen molar-refractivity contribution in [2.75, 3.05) is 19.7 Å². The Hall–Kier alpha value is -3.75. The molecule has 1 unspecified atom stereocenters. The summed E-state index contributed by atoms with van der Waals surface area (Å²) in [5.41, 5.74) is 6.40. The summed E-state index contributed by atoms with van der Waals surface area (Å²) in [4.78, 5) is 26.3. The Bertz CT molecular complexity index is 1600. The molecule has 2 amide bonds. The van der Waals surface area contributed by atoms with Gasteiger partial charge in [0.2, 0.25) is 0 Å². The van der Waals surface area contributed by atoms with E-state index in [1.54, 1.807) is 6.08 Å². The highest BCUT2D eigenvalue weighted by Gasteiger charge is 2.46. The Labute approximate surface area is 264 Å². The average Bonchev–Trinajstić information content (AvgIpc) is 3.66. The minimum absolute atomic E-state index is 0.196. The molecule has 0 bridgehead atoms. The van der Waals surface area contributed by atoms with Crippen LogP contribution in [-0.2, 0) is 11.4 Å². The highest BCUT2D eigenvalue weighted by Crippen LogP contribution is 2.52. The van der Waals surface area contributed by atoms with Gasteiger partial charge < -0.3 is 14.2 Å². The Morgan fingerprint density at radius 2 is 1.75 bits per heavy atom. The van der Waals surface area contributed by atoms with E-state index in [2.05, 4.69) is 57.0 Å². The van der Waals surface area contributed by atoms with Crippen molar-refractivity contribution in [2.45, 2.75) is 71.6 Å². The van der Waals surface area contributed by atoms with Crippen LogP contribution in [0.25, 0.3) is 6.08 Å². The van der Waals surface area contributed by atoms with Crippen LogP contribution in [0.1, 0.15) is 66.0 Å². The van der Waals surface area contributed by atoms with Crippen molar-refractivity contribution in [3.63, 3.8) is 0 Å². The first kappa shape index (κ1) is 30.3. The van der Waals surface area contributed by atoms with Gasteiger partial charge in [0.05, 0.1) is 4.91 Å². The van der Waals surface area contributed by atoms with Gasteiger partial charge >= 0.3 is 0 Å². The molecule has 6 rings (SSSR count). The first-order valence-electron chi connectivity index (χ1n) is 15.3. The Morgan fingerprint density at radius 1 is 1.00 bits per heavy atom. The lowest BCUT2D eigenvalue weighted by molar-refractivity contribution is -0.115. The number of nitrogens with zero attached hydrogens (tertiary/aromatic N) is 1. The lowest BCUT2D eigenvalue weighted by Crippen LogP contribution is -2.42. The van der Waals surface area contributed by atoms with Crippen molar-refractivity contribution in [2.24, 2.45) is 0 Å². The van der Waals surface area contributed by atoms with Gasteiger partial charge in [-0.3, -0.25) is 19.8 Å². The molecule has 0 aromatic heterocycles. The number of hydrogen-bond acceptors (Lipinski definition) is 7. The number of fused-ring (bicyclic) bond motifs is 1. The third-order valence-corrected chi connectivity index (χ3v) is 10.0. The summed E-state index contributed by atoms with van der Waals surface area (Å²) in [6, 6.07) is 18.3. The summed E-state index contributed by atoms with van der Waals surface area (Å²) in [6.07, 6.45) is 3.94. The fraction of sp³-hybridized carbons (Fsp3) is 0.389. The normalized spacial score (nSPS) is 21.8. The van der Waals surface area contributed by atoms with Crippen LogP contribution in [0.4, 0.5) is 4.79 Å². The van der Waals surface area contributed by atoms with Crippen molar-refractivity contribution in [1.82, 2.24) is 10.2 Å². The van der Waals surface area contributed by atoms with Crippen molar-refractivity contribution in [3.8, 4) is 17.2 Å².